The second-order valence-corrected chi connectivity index (χ2v) is 13.6. The molecule has 3 heterocycles. The Balaban J connectivity index is 1.72. The molecular weight excluding hydrogens is 578 g/mol. The Kier molecular flexibility index (Phi) is 8.37. The number of benzene rings is 1. The van der Waals surface area contributed by atoms with Crippen LogP contribution in [0, 0.1) is 5.92 Å². The second-order valence-electron chi connectivity index (χ2n) is 13.6. The summed E-state index contributed by atoms with van der Waals surface area (Å²) in [5.41, 5.74) is 1.26. The van der Waals surface area contributed by atoms with Crippen LogP contribution in [0.2, 0.25) is 0 Å². The predicted molar refractivity (Wildman–Crippen MR) is 167 cm³/mol. The molecule has 1 saturated heterocycles. The third-order valence-electron chi connectivity index (χ3n) is 7.82. The molecular formula is C33H41N5O7. The average Bonchev–Trinajstić information content (AvgIpc) is 3.41. The van der Waals surface area contributed by atoms with Gasteiger partial charge in [-0.3, -0.25) is 9.59 Å². The number of carbonyl (C=O) groups excluding carboxylic acids is 4. The Hall–Kier alpha value is -4.48. The van der Waals surface area contributed by atoms with Crippen LogP contribution >= 0.6 is 0 Å². The number of carbonyl (C=O) groups is 4. The van der Waals surface area contributed by atoms with Crippen molar-refractivity contribution in [2.45, 2.75) is 77.9 Å². The van der Waals surface area contributed by atoms with Gasteiger partial charge in [-0.1, -0.05) is 12.1 Å². The lowest BCUT2D eigenvalue weighted by Gasteiger charge is -2.28. The van der Waals surface area contributed by atoms with Crippen LogP contribution in [0.25, 0.3) is 22.2 Å². The van der Waals surface area contributed by atoms with Crippen LogP contribution in [0.5, 0.6) is 0 Å². The van der Waals surface area contributed by atoms with Crippen molar-refractivity contribution in [3.05, 3.63) is 41.9 Å². The maximum Gasteiger partial charge on any atom is 0.425 e. The van der Waals surface area contributed by atoms with Crippen molar-refractivity contribution >= 4 is 40.9 Å². The predicted octanol–water partition coefficient (Wildman–Crippen LogP) is 5.82. The Bertz CT molecular complexity index is 1610. The van der Waals surface area contributed by atoms with Crippen molar-refractivity contribution in [1.82, 2.24) is 19.4 Å². The molecule has 240 valence electrons. The standard InChI is InChI=1S/C33H41N5O7/c1-32(2,3)44-30(41)38(31(42)45-33(4,5)6)27-24-23(19-11-13-20(14-12-19)28(39)37-15-9-10-16-37)25(21-17-22(21)29(40)43-8)36(7)26(24)34-18-35-27/h11-14,18,21-22H,9-10,15-17H2,1-8H3. The molecule has 12 nitrogen and oxygen atoms in total. The van der Waals surface area contributed by atoms with Crippen molar-refractivity contribution in [2.24, 2.45) is 13.0 Å². The second kappa shape index (κ2) is 11.8. The number of hydrogen-bond donors (Lipinski definition) is 0. The number of ether oxygens (including phenoxy) is 3. The largest absolute Gasteiger partial charge is 0.469 e. The molecule has 2 aliphatic rings. The Labute approximate surface area is 262 Å². The summed E-state index contributed by atoms with van der Waals surface area (Å²) in [5, 5.41) is 0.404. The number of hydrogen-bond acceptors (Lipinski definition) is 9. The molecule has 2 fully saturated rings. The number of esters is 1. The van der Waals surface area contributed by atoms with E-state index in [0.717, 1.165) is 36.5 Å². The van der Waals surface area contributed by atoms with Gasteiger partial charge < -0.3 is 23.7 Å². The molecule has 0 N–H and O–H groups in total. The van der Waals surface area contributed by atoms with Gasteiger partial charge in [0.1, 0.15) is 23.2 Å². The van der Waals surface area contributed by atoms with Crippen molar-refractivity contribution in [3.63, 3.8) is 0 Å². The molecule has 2 unspecified atom stereocenters. The van der Waals surface area contributed by atoms with Crippen LogP contribution in [0.1, 0.15) is 82.8 Å². The first-order chi connectivity index (χ1) is 21.1. The number of anilines is 1. The van der Waals surface area contributed by atoms with E-state index in [1.807, 2.05) is 28.6 Å². The Morgan fingerprint density at radius 3 is 2.00 bits per heavy atom. The fourth-order valence-corrected chi connectivity index (χ4v) is 5.80. The van der Waals surface area contributed by atoms with Crippen molar-refractivity contribution in [3.8, 4) is 11.1 Å². The lowest BCUT2D eigenvalue weighted by Crippen LogP contribution is -2.44. The van der Waals surface area contributed by atoms with Gasteiger partial charge in [0.15, 0.2) is 5.82 Å². The molecule has 3 amide bonds. The quantitative estimate of drug-likeness (QED) is 0.256. The summed E-state index contributed by atoms with van der Waals surface area (Å²) >= 11 is 0. The first kappa shape index (κ1) is 31.9. The normalized spacial score (nSPS) is 18.1. The number of fused-ring (bicyclic) bond motifs is 1. The van der Waals surface area contributed by atoms with E-state index in [0.29, 0.717) is 34.1 Å². The van der Waals surface area contributed by atoms with Gasteiger partial charge >= 0.3 is 18.2 Å². The van der Waals surface area contributed by atoms with Gasteiger partial charge in [-0.2, -0.15) is 4.90 Å². The molecule has 1 aliphatic heterocycles. The van der Waals surface area contributed by atoms with Crippen molar-refractivity contribution in [2.75, 3.05) is 25.1 Å². The minimum absolute atomic E-state index is 0.0205. The minimum atomic E-state index is -0.960. The van der Waals surface area contributed by atoms with Crippen molar-refractivity contribution < 1.29 is 33.4 Å². The number of methoxy groups -OCH3 is 1. The minimum Gasteiger partial charge on any atom is -0.469 e. The van der Waals surface area contributed by atoms with Crippen LogP contribution < -0.4 is 4.90 Å². The third-order valence-corrected chi connectivity index (χ3v) is 7.82. The van der Waals surface area contributed by atoms with Crippen LogP contribution in [0.15, 0.2) is 30.6 Å². The first-order valence-corrected chi connectivity index (χ1v) is 15.2. The first-order valence-electron chi connectivity index (χ1n) is 15.2. The Morgan fingerprint density at radius 1 is 0.889 bits per heavy atom. The summed E-state index contributed by atoms with van der Waals surface area (Å²) in [5.74, 6) is -0.944. The van der Waals surface area contributed by atoms with Gasteiger partial charge in [0.05, 0.1) is 18.4 Å². The summed E-state index contributed by atoms with van der Waals surface area (Å²) in [6, 6.07) is 7.21. The highest BCUT2D eigenvalue weighted by molar-refractivity contribution is 6.16. The van der Waals surface area contributed by atoms with Gasteiger partial charge in [-0.25, -0.2) is 19.6 Å². The van der Waals surface area contributed by atoms with Crippen molar-refractivity contribution in [1.29, 1.82) is 0 Å². The highest BCUT2D eigenvalue weighted by Gasteiger charge is 2.49. The molecule has 1 aliphatic carbocycles. The van der Waals surface area contributed by atoms with E-state index >= 15 is 0 Å². The van der Waals surface area contributed by atoms with E-state index in [1.54, 1.807) is 53.7 Å². The van der Waals surface area contributed by atoms with E-state index in [9.17, 15) is 19.2 Å². The topological polar surface area (TPSA) is 133 Å². The van der Waals surface area contributed by atoms with Gasteiger partial charge in [0.25, 0.3) is 5.91 Å². The molecule has 2 atom stereocenters. The van der Waals surface area contributed by atoms with Gasteiger partial charge in [0, 0.05) is 42.9 Å². The summed E-state index contributed by atoms with van der Waals surface area (Å²) < 4.78 is 18.2. The van der Waals surface area contributed by atoms with Gasteiger partial charge in [0.2, 0.25) is 0 Å². The number of likely N-dealkylation sites (tertiary alicyclic amines) is 1. The maximum atomic E-state index is 13.7. The van der Waals surface area contributed by atoms with Crippen LogP contribution in [-0.4, -0.2) is 74.9 Å². The molecule has 5 rings (SSSR count). The van der Waals surface area contributed by atoms with Gasteiger partial charge in [-0.05, 0) is 78.5 Å². The highest BCUT2D eigenvalue weighted by atomic mass is 16.6. The monoisotopic (exact) mass is 619 g/mol. The number of amides is 3. The molecule has 3 aromatic rings. The summed E-state index contributed by atoms with van der Waals surface area (Å²) in [4.78, 5) is 64.6. The lowest BCUT2D eigenvalue weighted by atomic mass is 9.98. The fraction of sp³-hybridized carbons (Fsp3) is 0.515. The third kappa shape index (κ3) is 6.50. The molecule has 1 aromatic carbocycles. The van der Waals surface area contributed by atoms with E-state index in [-0.39, 0.29) is 29.5 Å². The molecule has 1 saturated carbocycles. The summed E-state index contributed by atoms with van der Waals surface area (Å²) in [6.45, 7) is 11.7. The maximum absolute atomic E-state index is 13.7. The zero-order valence-corrected chi connectivity index (χ0v) is 27.2. The lowest BCUT2D eigenvalue weighted by molar-refractivity contribution is -0.142. The molecule has 0 spiro atoms. The van der Waals surface area contributed by atoms with E-state index in [1.165, 1.54) is 13.4 Å². The molecule has 0 bridgehead atoms. The van der Waals surface area contributed by atoms with E-state index < -0.39 is 23.4 Å². The molecule has 0 radical (unpaired) electrons. The molecule has 45 heavy (non-hydrogen) atoms. The fourth-order valence-electron chi connectivity index (χ4n) is 5.80. The number of imide groups is 1. The average molecular weight is 620 g/mol. The van der Waals surface area contributed by atoms with Crippen LogP contribution in [0.3, 0.4) is 0 Å². The zero-order chi connectivity index (χ0) is 32.8. The van der Waals surface area contributed by atoms with E-state index in [2.05, 4.69) is 9.97 Å². The summed E-state index contributed by atoms with van der Waals surface area (Å²) in [6.07, 6.45) is 1.88. The smallest absolute Gasteiger partial charge is 0.425 e. The SMILES string of the molecule is COC(=O)C1CC1c1c(-c2ccc(C(=O)N3CCCC3)cc2)c2c(N(C(=O)OC(C)(C)C)C(=O)OC(C)(C)C)ncnc2n1C. The number of rotatable bonds is 5. The number of aromatic nitrogens is 3. The molecule has 12 heteroatoms. The molecule has 2 aromatic heterocycles. The van der Waals surface area contributed by atoms with Crippen LogP contribution in [0.4, 0.5) is 15.4 Å². The highest BCUT2D eigenvalue weighted by Crippen LogP contribution is 2.54. The van der Waals surface area contributed by atoms with E-state index in [4.69, 9.17) is 14.2 Å². The number of aryl methyl sites for hydroxylation is 1. The van der Waals surface area contributed by atoms with Crippen LogP contribution in [-0.2, 0) is 26.1 Å². The zero-order valence-electron chi connectivity index (χ0n) is 27.2. The Morgan fingerprint density at radius 2 is 1.47 bits per heavy atom. The number of nitrogens with zero attached hydrogens (tertiary/aromatic N) is 5. The summed E-state index contributed by atoms with van der Waals surface area (Å²) in [7, 11) is 3.18. The van der Waals surface area contributed by atoms with Gasteiger partial charge in [-0.15, -0.1) is 0 Å².